The van der Waals surface area contributed by atoms with Gasteiger partial charge in [0.25, 0.3) is 0 Å². The number of benzene rings is 1. The number of ether oxygens (including phenoxy) is 3. The van der Waals surface area contributed by atoms with Gasteiger partial charge in [-0.3, -0.25) is 0 Å². The number of alkyl carbamates (subject to hydrolysis) is 1. The summed E-state index contributed by atoms with van der Waals surface area (Å²) in [6.07, 6.45) is 1.40. The lowest BCUT2D eigenvalue weighted by Crippen LogP contribution is -2.45. The van der Waals surface area contributed by atoms with Crippen molar-refractivity contribution in [3.63, 3.8) is 0 Å². The van der Waals surface area contributed by atoms with Gasteiger partial charge in [0.15, 0.2) is 0 Å². The minimum Gasteiger partial charge on any atom is -0.497 e. The number of H-pyrrole nitrogens is 1. The van der Waals surface area contributed by atoms with Crippen molar-refractivity contribution in [1.82, 2.24) is 10.3 Å². The summed E-state index contributed by atoms with van der Waals surface area (Å²) < 4.78 is 15.3. The molecule has 25 heavy (non-hydrogen) atoms. The van der Waals surface area contributed by atoms with Crippen LogP contribution in [0.5, 0.6) is 5.75 Å². The molecule has 2 N–H and O–H groups in total. The quantitative estimate of drug-likeness (QED) is 0.811. The molecule has 1 heterocycles. The summed E-state index contributed by atoms with van der Waals surface area (Å²) >= 11 is 0. The highest BCUT2D eigenvalue weighted by Gasteiger charge is 2.26. The monoisotopic (exact) mass is 348 g/mol. The van der Waals surface area contributed by atoms with Crippen molar-refractivity contribution in [3.8, 4) is 5.75 Å². The van der Waals surface area contributed by atoms with Crippen LogP contribution in [0.25, 0.3) is 10.9 Å². The molecule has 0 saturated carbocycles. The number of aromatic nitrogens is 1. The van der Waals surface area contributed by atoms with Crippen molar-refractivity contribution in [2.45, 2.75) is 38.8 Å². The number of hydrogen-bond acceptors (Lipinski definition) is 5. The van der Waals surface area contributed by atoms with Crippen molar-refractivity contribution in [3.05, 3.63) is 30.0 Å². The van der Waals surface area contributed by atoms with Gasteiger partial charge in [0, 0.05) is 23.5 Å². The molecule has 2 rings (SSSR count). The molecule has 1 aromatic heterocycles. The zero-order chi connectivity index (χ0) is 18.6. The molecule has 0 saturated heterocycles. The van der Waals surface area contributed by atoms with E-state index in [1.54, 1.807) is 34.1 Å². The molecule has 0 radical (unpaired) electrons. The molecule has 7 nitrogen and oxygen atoms in total. The fourth-order valence-corrected chi connectivity index (χ4v) is 2.46. The third-order valence-electron chi connectivity index (χ3n) is 3.58. The fraction of sp³-hybridized carbons (Fsp3) is 0.444. The average Bonchev–Trinajstić information content (AvgIpc) is 2.93. The van der Waals surface area contributed by atoms with Crippen LogP contribution in [-0.2, 0) is 20.7 Å². The maximum Gasteiger partial charge on any atom is 0.408 e. The Morgan fingerprint density at radius 1 is 1.24 bits per heavy atom. The second-order valence-corrected chi connectivity index (χ2v) is 6.65. The largest absolute Gasteiger partial charge is 0.497 e. The normalized spacial score (nSPS) is 12.5. The number of fused-ring (bicyclic) bond motifs is 1. The highest BCUT2D eigenvalue weighted by Crippen LogP contribution is 2.24. The van der Waals surface area contributed by atoms with Gasteiger partial charge in [-0.05, 0) is 44.5 Å². The highest BCUT2D eigenvalue weighted by atomic mass is 16.6. The smallest absolute Gasteiger partial charge is 0.408 e. The van der Waals surface area contributed by atoms with E-state index >= 15 is 0 Å². The van der Waals surface area contributed by atoms with Crippen LogP contribution in [0.15, 0.2) is 24.4 Å². The van der Waals surface area contributed by atoms with Crippen molar-refractivity contribution < 1.29 is 23.8 Å². The summed E-state index contributed by atoms with van der Waals surface area (Å²) in [6, 6.07) is 4.76. The van der Waals surface area contributed by atoms with E-state index in [-0.39, 0.29) is 6.42 Å². The Labute approximate surface area is 146 Å². The number of aromatic amines is 1. The van der Waals surface area contributed by atoms with Crippen LogP contribution in [0, 0.1) is 0 Å². The van der Waals surface area contributed by atoms with Crippen molar-refractivity contribution in [2.24, 2.45) is 0 Å². The van der Waals surface area contributed by atoms with Crippen LogP contribution in [0.4, 0.5) is 4.79 Å². The van der Waals surface area contributed by atoms with Gasteiger partial charge in [-0.2, -0.15) is 0 Å². The second kappa shape index (κ2) is 7.46. The predicted octanol–water partition coefficient (Wildman–Crippen LogP) is 2.79. The maximum absolute atomic E-state index is 12.1. The number of amides is 1. The molecule has 0 spiro atoms. The van der Waals surface area contributed by atoms with Gasteiger partial charge < -0.3 is 24.5 Å². The van der Waals surface area contributed by atoms with E-state index in [2.05, 4.69) is 10.3 Å². The van der Waals surface area contributed by atoms with Gasteiger partial charge >= 0.3 is 12.1 Å². The number of hydrogen-bond donors (Lipinski definition) is 2. The molecule has 1 aromatic carbocycles. The van der Waals surface area contributed by atoms with Crippen LogP contribution < -0.4 is 10.1 Å². The second-order valence-electron chi connectivity index (χ2n) is 6.65. The van der Waals surface area contributed by atoms with E-state index in [0.29, 0.717) is 5.75 Å². The first kappa shape index (κ1) is 18.6. The first-order chi connectivity index (χ1) is 11.7. The Bertz CT molecular complexity index is 760. The summed E-state index contributed by atoms with van der Waals surface area (Å²) in [4.78, 5) is 27.2. The molecular formula is C18H24N2O5. The van der Waals surface area contributed by atoms with Gasteiger partial charge in [-0.1, -0.05) is 0 Å². The predicted molar refractivity (Wildman–Crippen MR) is 93.7 cm³/mol. The fourth-order valence-electron chi connectivity index (χ4n) is 2.46. The van der Waals surface area contributed by atoms with Crippen molar-refractivity contribution >= 4 is 23.0 Å². The molecule has 1 unspecified atom stereocenters. The molecule has 7 heteroatoms. The summed E-state index contributed by atoms with van der Waals surface area (Å²) in [7, 11) is 2.87. The molecule has 2 aromatic rings. The van der Waals surface area contributed by atoms with Crippen molar-refractivity contribution in [1.29, 1.82) is 0 Å². The average molecular weight is 348 g/mol. The third kappa shape index (κ3) is 4.89. The topological polar surface area (TPSA) is 89.7 Å². The van der Waals surface area contributed by atoms with E-state index in [0.717, 1.165) is 16.5 Å². The Hall–Kier alpha value is -2.70. The number of nitrogens with one attached hydrogen (secondary N) is 2. The summed E-state index contributed by atoms with van der Waals surface area (Å²) in [5.41, 5.74) is 1.12. The van der Waals surface area contributed by atoms with Gasteiger partial charge in [0.2, 0.25) is 0 Å². The summed E-state index contributed by atoms with van der Waals surface area (Å²) in [5.74, 6) is 0.172. The van der Waals surface area contributed by atoms with Gasteiger partial charge in [-0.15, -0.1) is 0 Å². The lowest BCUT2D eigenvalue weighted by molar-refractivity contribution is -0.143. The standard InChI is InChI=1S/C18H24N2O5/c1-18(2,3)25-17(22)20-15(16(21)24-5)8-11-10-19-14-7-6-12(23-4)9-13(11)14/h6-7,9-10,15,19H,8H2,1-5H3,(H,20,22). The number of esters is 1. The zero-order valence-electron chi connectivity index (χ0n) is 15.1. The minimum atomic E-state index is -0.856. The molecule has 1 amide bonds. The Morgan fingerprint density at radius 3 is 2.56 bits per heavy atom. The summed E-state index contributed by atoms with van der Waals surface area (Å²) in [5, 5.41) is 3.49. The molecule has 0 aliphatic carbocycles. The Balaban J connectivity index is 2.22. The number of methoxy groups -OCH3 is 2. The minimum absolute atomic E-state index is 0.263. The van der Waals surface area contributed by atoms with E-state index < -0.39 is 23.7 Å². The lowest BCUT2D eigenvalue weighted by atomic mass is 10.0. The lowest BCUT2D eigenvalue weighted by Gasteiger charge is -2.22. The molecule has 0 bridgehead atoms. The van der Waals surface area contributed by atoms with E-state index in [1.165, 1.54) is 7.11 Å². The molecular weight excluding hydrogens is 324 g/mol. The highest BCUT2D eigenvalue weighted by molar-refractivity contribution is 5.87. The van der Waals surface area contributed by atoms with E-state index in [9.17, 15) is 9.59 Å². The number of carbonyl (C=O) groups is 2. The number of carbonyl (C=O) groups excluding carboxylic acids is 2. The molecule has 0 aliphatic rings. The molecule has 1 atom stereocenters. The van der Waals surface area contributed by atoms with E-state index in [1.807, 2.05) is 18.2 Å². The van der Waals surface area contributed by atoms with Crippen LogP contribution in [0.2, 0.25) is 0 Å². The first-order valence-electron chi connectivity index (χ1n) is 7.95. The Morgan fingerprint density at radius 2 is 1.96 bits per heavy atom. The SMILES string of the molecule is COC(=O)C(Cc1c[nH]c2ccc(OC)cc12)NC(=O)OC(C)(C)C. The maximum atomic E-state index is 12.1. The van der Waals surface area contributed by atoms with Gasteiger partial charge in [-0.25, -0.2) is 9.59 Å². The zero-order valence-corrected chi connectivity index (χ0v) is 15.1. The van der Waals surface area contributed by atoms with Gasteiger partial charge in [0.05, 0.1) is 14.2 Å². The first-order valence-corrected chi connectivity index (χ1v) is 7.95. The van der Waals surface area contributed by atoms with Crippen LogP contribution in [0.3, 0.4) is 0 Å². The van der Waals surface area contributed by atoms with Crippen LogP contribution >= 0.6 is 0 Å². The van der Waals surface area contributed by atoms with Gasteiger partial charge in [0.1, 0.15) is 17.4 Å². The summed E-state index contributed by atoms with van der Waals surface area (Å²) in [6.45, 7) is 5.27. The van der Waals surface area contributed by atoms with Crippen LogP contribution in [0.1, 0.15) is 26.3 Å². The molecule has 136 valence electrons. The Kier molecular flexibility index (Phi) is 5.56. The molecule has 0 fully saturated rings. The van der Waals surface area contributed by atoms with Crippen LogP contribution in [-0.4, -0.2) is 42.9 Å². The number of rotatable bonds is 5. The van der Waals surface area contributed by atoms with Crippen molar-refractivity contribution in [2.75, 3.05) is 14.2 Å². The molecule has 0 aliphatic heterocycles. The third-order valence-corrected chi connectivity index (χ3v) is 3.58. The van der Waals surface area contributed by atoms with E-state index in [4.69, 9.17) is 14.2 Å².